The van der Waals surface area contributed by atoms with Gasteiger partial charge in [-0.25, -0.2) is 14.6 Å². The highest BCUT2D eigenvalue weighted by atomic mass is 32.2. The molecular formula is C31H35NO7S. The second-order valence-electron chi connectivity index (χ2n) is 9.17. The van der Waals surface area contributed by atoms with Crippen molar-refractivity contribution in [3.63, 3.8) is 0 Å². The molecule has 1 atom stereocenters. The summed E-state index contributed by atoms with van der Waals surface area (Å²) >= 11 is 1.02. The lowest BCUT2D eigenvalue weighted by Gasteiger charge is -2.13. The highest BCUT2D eigenvalue weighted by Crippen LogP contribution is 2.34. The highest BCUT2D eigenvalue weighted by Gasteiger charge is 2.14. The maximum Gasteiger partial charge on any atom is 0.335 e. The fraction of sp³-hybridized carbons (Fsp3) is 0.323. The van der Waals surface area contributed by atoms with Crippen molar-refractivity contribution in [2.45, 2.75) is 55.4 Å². The summed E-state index contributed by atoms with van der Waals surface area (Å²) in [7, 11) is 1.67. The highest BCUT2D eigenvalue weighted by molar-refractivity contribution is 7.99. The van der Waals surface area contributed by atoms with Gasteiger partial charge in [-0.05, 0) is 72.9 Å². The Bertz CT molecular complexity index is 1280. The van der Waals surface area contributed by atoms with Crippen molar-refractivity contribution in [1.82, 2.24) is 4.98 Å². The van der Waals surface area contributed by atoms with Gasteiger partial charge in [0.15, 0.2) is 0 Å². The van der Waals surface area contributed by atoms with Crippen LogP contribution in [0.3, 0.4) is 0 Å². The number of aliphatic carboxylic acids is 1. The third-order valence-electron chi connectivity index (χ3n) is 6.17. The number of aromatic nitrogens is 1. The molecular weight excluding hydrogens is 530 g/mol. The summed E-state index contributed by atoms with van der Waals surface area (Å²) in [5, 5.41) is 29.3. The number of unbranched alkanes of at least 4 members (excludes halogenated alkanes) is 5. The Kier molecular flexibility index (Phi) is 12.5. The van der Waals surface area contributed by atoms with Gasteiger partial charge in [0.25, 0.3) is 0 Å². The third kappa shape index (κ3) is 10.4. The number of rotatable bonds is 17. The van der Waals surface area contributed by atoms with Crippen molar-refractivity contribution in [2.75, 3.05) is 13.7 Å². The average molecular weight is 566 g/mol. The van der Waals surface area contributed by atoms with Gasteiger partial charge in [-0.1, -0.05) is 61.7 Å². The number of hydrogen-bond donors (Lipinski definition) is 3. The third-order valence-corrected chi connectivity index (χ3v) is 7.14. The van der Waals surface area contributed by atoms with Crippen LogP contribution in [0.1, 0.15) is 71.1 Å². The van der Waals surface area contributed by atoms with E-state index in [1.165, 1.54) is 30.2 Å². The fourth-order valence-electron chi connectivity index (χ4n) is 4.02. The number of aromatic carboxylic acids is 1. The number of carbonyl (C=O) groups is 2. The van der Waals surface area contributed by atoms with Crippen LogP contribution in [0.25, 0.3) is 6.08 Å². The monoisotopic (exact) mass is 565 g/mol. The lowest BCUT2D eigenvalue weighted by Crippen LogP contribution is -2.02. The number of thioether (sulfide) groups is 1. The number of aliphatic hydroxyl groups is 1. The molecule has 0 saturated carbocycles. The van der Waals surface area contributed by atoms with Gasteiger partial charge in [0.2, 0.25) is 0 Å². The van der Waals surface area contributed by atoms with Crippen molar-refractivity contribution in [3.8, 4) is 11.5 Å². The minimum atomic E-state index is -1.11. The van der Waals surface area contributed by atoms with Crippen LogP contribution in [-0.4, -0.2) is 46.0 Å². The molecule has 1 heterocycles. The molecule has 0 radical (unpaired) electrons. The maximum atomic E-state index is 11.2. The summed E-state index contributed by atoms with van der Waals surface area (Å²) in [5.41, 5.74) is 1.12. The van der Waals surface area contributed by atoms with Gasteiger partial charge in [-0.2, -0.15) is 0 Å². The number of hydrogen-bond acceptors (Lipinski definition) is 7. The van der Waals surface area contributed by atoms with Crippen LogP contribution >= 0.6 is 11.8 Å². The Morgan fingerprint density at radius 3 is 2.38 bits per heavy atom. The number of methoxy groups -OCH3 is 1. The molecule has 0 aliphatic rings. The minimum absolute atomic E-state index is 0.0764. The molecule has 3 N–H and O–H groups in total. The number of aliphatic hydroxyl groups excluding tert-OH is 1. The van der Waals surface area contributed by atoms with Crippen LogP contribution in [0.15, 0.2) is 71.8 Å². The topological polar surface area (TPSA) is 126 Å². The second-order valence-corrected chi connectivity index (χ2v) is 10.3. The first-order chi connectivity index (χ1) is 19.4. The molecule has 2 aromatic carbocycles. The predicted molar refractivity (Wildman–Crippen MR) is 155 cm³/mol. The Labute approximate surface area is 238 Å². The molecule has 212 valence electrons. The molecule has 0 saturated heterocycles. The molecule has 0 aliphatic heterocycles. The van der Waals surface area contributed by atoms with E-state index in [1.54, 1.807) is 31.4 Å². The number of pyridine rings is 1. The average Bonchev–Trinajstić information content (AvgIpc) is 2.96. The molecule has 8 nitrogen and oxygen atoms in total. The van der Waals surface area contributed by atoms with Crippen LogP contribution in [-0.2, 0) is 11.2 Å². The van der Waals surface area contributed by atoms with E-state index < -0.39 is 17.4 Å². The van der Waals surface area contributed by atoms with Gasteiger partial charge < -0.3 is 24.8 Å². The molecule has 1 aromatic heterocycles. The molecule has 3 aromatic rings. The summed E-state index contributed by atoms with van der Waals surface area (Å²) in [6.07, 6.45) is 9.92. The summed E-state index contributed by atoms with van der Waals surface area (Å²) in [6.45, 7) is 0.485. The number of benzene rings is 2. The Hall–Kier alpha value is -3.82. The molecule has 9 heteroatoms. The van der Waals surface area contributed by atoms with Gasteiger partial charge in [0.05, 0.1) is 24.3 Å². The van der Waals surface area contributed by atoms with E-state index in [0.29, 0.717) is 28.6 Å². The van der Waals surface area contributed by atoms with Gasteiger partial charge in [0, 0.05) is 6.08 Å². The summed E-state index contributed by atoms with van der Waals surface area (Å²) < 4.78 is 11.1. The van der Waals surface area contributed by atoms with E-state index in [1.807, 2.05) is 12.1 Å². The van der Waals surface area contributed by atoms with Crippen molar-refractivity contribution in [1.29, 1.82) is 0 Å². The van der Waals surface area contributed by atoms with Crippen molar-refractivity contribution in [2.24, 2.45) is 0 Å². The van der Waals surface area contributed by atoms with E-state index in [4.69, 9.17) is 14.6 Å². The van der Waals surface area contributed by atoms with E-state index in [2.05, 4.69) is 17.1 Å². The summed E-state index contributed by atoms with van der Waals surface area (Å²) in [4.78, 5) is 26.8. The first-order valence-electron chi connectivity index (χ1n) is 13.2. The number of carboxylic acids is 2. The first-order valence-corrected chi connectivity index (χ1v) is 14.1. The number of nitrogens with zero attached hydrogens (tertiary/aromatic N) is 1. The second kappa shape index (κ2) is 16.3. The zero-order valence-corrected chi connectivity index (χ0v) is 23.3. The van der Waals surface area contributed by atoms with Crippen molar-refractivity contribution >= 4 is 29.8 Å². The summed E-state index contributed by atoms with van der Waals surface area (Å²) in [6, 6.07) is 17.7. The molecule has 0 spiro atoms. The van der Waals surface area contributed by atoms with Crippen LogP contribution in [0, 0.1) is 0 Å². The fourth-order valence-corrected chi connectivity index (χ4v) is 4.83. The van der Waals surface area contributed by atoms with Crippen LogP contribution < -0.4 is 9.47 Å². The van der Waals surface area contributed by atoms with Gasteiger partial charge in [-0.15, -0.1) is 0 Å². The standard InChI is InChI=1S/C31H35NO7S/c1-38-25-14-12-22(13-15-25)9-6-4-2-3-5-7-20-39-27-17-18-28(32-26(27)16-19-29(33)34)40-31(37)24-11-8-10-23(21-24)30(35)36/h8,10-19,21,31,37H,2-7,9,20H2,1H3,(H,33,34)(H,35,36). The normalized spacial score (nSPS) is 11.8. The number of aryl methyl sites for hydroxylation is 1. The Morgan fingerprint density at radius 2 is 1.68 bits per heavy atom. The zero-order valence-electron chi connectivity index (χ0n) is 22.5. The van der Waals surface area contributed by atoms with Crippen LogP contribution in [0.2, 0.25) is 0 Å². The van der Waals surface area contributed by atoms with Crippen molar-refractivity contribution in [3.05, 3.63) is 89.1 Å². The molecule has 0 bridgehead atoms. The van der Waals surface area contributed by atoms with Crippen LogP contribution in [0.5, 0.6) is 11.5 Å². The lowest BCUT2D eigenvalue weighted by molar-refractivity contribution is -0.131. The molecule has 0 fully saturated rings. The Morgan fingerprint density at radius 1 is 0.950 bits per heavy atom. The molecule has 3 rings (SSSR count). The summed E-state index contributed by atoms with van der Waals surface area (Å²) in [5.74, 6) is -0.849. The van der Waals surface area contributed by atoms with Gasteiger partial charge in [0.1, 0.15) is 22.6 Å². The molecule has 40 heavy (non-hydrogen) atoms. The SMILES string of the molecule is COc1ccc(CCCCCCCCOc2ccc(SC(O)c3cccc(C(=O)O)c3)nc2C=CC(=O)O)cc1. The smallest absolute Gasteiger partial charge is 0.335 e. The molecule has 0 amide bonds. The zero-order chi connectivity index (χ0) is 28.7. The van der Waals surface area contributed by atoms with Gasteiger partial charge in [-0.3, -0.25) is 0 Å². The molecule has 1 unspecified atom stereocenters. The number of ether oxygens (including phenoxy) is 2. The first kappa shape index (κ1) is 30.7. The quantitative estimate of drug-likeness (QED) is 0.0715. The maximum absolute atomic E-state index is 11.2. The minimum Gasteiger partial charge on any atom is -0.497 e. The van der Waals surface area contributed by atoms with E-state index in [0.717, 1.165) is 62.1 Å². The van der Waals surface area contributed by atoms with Crippen LogP contribution in [0.4, 0.5) is 0 Å². The van der Waals surface area contributed by atoms with E-state index >= 15 is 0 Å². The Balaban J connectivity index is 1.45. The van der Waals surface area contributed by atoms with E-state index in [-0.39, 0.29) is 5.56 Å². The van der Waals surface area contributed by atoms with E-state index in [9.17, 15) is 19.8 Å². The van der Waals surface area contributed by atoms with Crippen molar-refractivity contribution < 1.29 is 34.4 Å². The number of carboxylic acid groups (broad SMARTS) is 2. The largest absolute Gasteiger partial charge is 0.497 e. The molecule has 0 aliphatic carbocycles. The van der Waals surface area contributed by atoms with Gasteiger partial charge >= 0.3 is 11.9 Å². The predicted octanol–water partition coefficient (Wildman–Crippen LogP) is 6.63. The lowest BCUT2D eigenvalue weighted by atomic mass is 10.0.